The topological polar surface area (TPSA) is 34.1 Å². The van der Waals surface area contributed by atoms with Gasteiger partial charge in [-0.05, 0) is 59.1 Å². The normalized spacial score (nSPS) is 13.1. The summed E-state index contributed by atoms with van der Waals surface area (Å²) in [6.07, 6.45) is 0. The molecule has 0 amide bonds. The van der Waals surface area contributed by atoms with Gasteiger partial charge in [0.2, 0.25) is 9.84 Å². The van der Waals surface area contributed by atoms with Gasteiger partial charge in [0, 0.05) is 0 Å². The van der Waals surface area contributed by atoms with Crippen LogP contribution in [0.2, 0.25) is 0 Å². The van der Waals surface area contributed by atoms with Crippen LogP contribution >= 0.6 is 0 Å². The molecule has 3 heteroatoms. The zero-order valence-electron chi connectivity index (χ0n) is 16.7. The van der Waals surface area contributed by atoms with Crippen LogP contribution in [0.25, 0.3) is 0 Å². The van der Waals surface area contributed by atoms with Crippen LogP contribution in [0.5, 0.6) is 0 Å². The predicted octanol–water partition coefficient (Wildman–Crippen LogP) is 5.73. The summed E-state index contributed by atoms with van der Waals surface area (Å²) in [5.74, 6) is 0. The van der Waals surface area contributed by atoms with Crippen LogP contribution in [0.15, 0.2) is 46.2 Å². The first-order valence-corrected chi connectivity index (χ1v) is 10.2. The molecule has 2 aromatic rings. The fourth-order valence-corrected chi connectivity index (χ4v) is 5.33. The molecule has 0 N–H and O–H groups in total. The van der Waals surface area contributed by atoms with E-state index in [1.807, 2.05) is 38.1 Å². The van der Waals surface area contributed by atoms with E-state index < -0.39 is 9.84 Å². The molecule has 0 aliphatic rings. The summed E-state index contributed by atoms with van der Waals surface area (Å²) in [5, 5.41) is 0. The molecule has 25 heavy (non-hydrogen) atoms. The maximum absolute atomic E-state index is 13.4. The predicted molar refractivity (Wildman–Crippen MR) is 105 cm³/mol. The minimum Gasteiger partial charge on any atom is -0.218 e. The second-order valence-corrected chi connectivity index (χ2v) is 10.7. The summed E-state index contributed by atoms with van der Waals surface area (Å²) >= 11 is 0. The Bertz CT molecular complexity index is 823. The number of hydrogen-bond acceptors (Lipinski definition) is 2. The average molecular weight is 359 g/mol. The molecule has 0 bridgehead atoms. The van der Waals surface area contributed by atoms with E-state index in [-0.39, 0.29) is 10.8 Å². The highest BCUT2D eigenvalue weighted by Gasteiger charge is 2.28. The highest BCUT2D eigenvalue weighted by molar-refractivity contribution is 7.91. The Labute approximate surface area is 153 Å². The van der Waals surface area contributed by atoms with Crippen LogP contribution in [-0.2, 0) is 20.7 Å². The van der Waals surface area contributed by atoms with Gasteiger partial charge in [-0.1, -0.05) is 65.8 Å². The number of hydrogen-bond donors (Lipinski definition) is 0. The summed E-state index contributed by atoms with van der Waals surface area (Å²) in [6, 6.07) is 11.2. The quantitative estimate of drug-likeness (QED) is 0.687. The fraction of sp³-hybridized carbons (Fsp3) is 0.455. The van der Waals surface area contributed by atoms with Crippen molar-refractivity contribution >= 4 is 9.84 Å². The Morgan fingerprint density at radius 3 is 1.24 bits per heavy atom. The van der Waals surface area contributed by atoms with Crippen LogP contribution in [0.3, 0.4) is 0 Å². The second kappa shape index (κ2) is 6.28. The standard InChI is InChI=1S/C22H30O2S/c1-15-17(21(3,4)5)11-9-13-19(15)25(23,24)20-14-10-12-18(16(20)2)22(6,7)8/h9-14H,1-8H3. The lowest BCUT2D eigenvalue weighted by Gasteiger charge is -2.25. The first kappa shape index (κ1) is 19.7. The zero-order valence-corrected chi connectivity index (χ0v) is 17.5. The van der Waals surface area contributed by atoms with Gasteiger partial charge in [0.1, 0.15) is 0 Å². The van der Waals surface area contributed by atoms with Gasteiger partial charge in [-0.2, -0.15) is 0 Å². The third kappa shape index (κ3) is 3.67. The van der Waals surface area contributed by atoms with Crippen LogP contribution in [0, 0.1) is 13.8 Å². The molecule has 2 rings (SSSR count). The molecular weight excluding hydrogens is 328 g/mol. The smallest absolute Gasteiger partial charge is 0.207 e. The largest absolute Gasteiger partial charge is 0.218 e. The van der Waals surface area contributed by atoms with E-state index in [2.05, 4.69) is 41.5 Å². The van der Waals surface area contributed by atoms with Crippen LogP contribution in [0.4, 0.5) is 0 Å². The lowest BCUT2D eigenvalue weighted by molar-refractivity contribution is 0.575. The van der Waals surface area contributed by atoms with Gasteiger partial charge in [0.05, 0.1) is 9.79 Å². The van der Waals surface area contributed by atoms with E-state index in [0.717, 1.165) is 22.3 Å². The number of benzene rings is 2. The van der Waals surface area contributed by atoms with Crippen molar-refractivity contribution in [1.82, 2.24) is 0 Å². The molecule has 136 valence electrons. The molecule has 0 aliphatic carbocycles. The van der Waals surface area contributed by atoms with Crippen LogP contribution in [-0.4, -0.2) is 8.42 Å². The lowest BCUT2D eigenvalue weighted by atomic mass is 9.84. The van der Waals surface area contributed by atoms with Gasteiger partial charge < -0.3 is 0 Å². The van der Waals surface area contributed by atoms with Gasteiger partial charge in [-0.3, -0.25) is 0 Å². The van der Waals surface area contributed by atoms with Crippen molar-refractivity contribution in [3.05, 3.63) is 58.7 Å². The molecule has 0 heterocycles. The van der Waals surface area contributed by atoms with Crippen molar-refractivity contribution in [1.29, 1.82) is 0 Å². The Hall–Kier alpha value is -1.61. The molecular formula is C22H30O2S. The summed E-state index contributed by atoms with van der Waals surface area (Å²) in [7, 11) is -3.57. The summed E-state index contributed by atoms with van der Waals surface area (Å²) in [4.78, 5) is 0.822. The first-order chi connectivity index (χ1) is 11.3. The Morgan fingerprint density at radius 1 is 0.640 bits per heavy atom. The maximum atomic E-state index is 13.4. The SMILES string of the molecule is Cc1c(C(C)(C)C)cccc1S(=O)(=O)c1cccc(C(C)(C)C)c1C. The van der Waals surface area contributed by atoms with E-state index in [9.17, 15) is 8.42 Å². The van der Waals surface area contributed by atoms with Crippen molar-refractivity contribution in [2.24, 2.45) is 0 Å². The highest BCUT2D eigenvalue weighted by atomic mass is 32.2. The van der Waals surface area contributed by atoms with E-state index in [1.165, 1.54) is 0 Å². The third-order valence-corrected chi connectivity index (χ3v) is 6.81. The maximum Gasteiger partial charge on any atom is 0.207 e. The van der Waals surface area contributed by atoms with E-state index in [0.29, 0.717) is 9.79 Å². The summed E-state index contributed by atoms with van der Waals surface area (Å²) in [5.41, 5.74) is 3.62. The van der Waals surface area contributed by atoms with Crippen molar-refractivity contribution in [3.63, 3.8) is 0 Å². The van der Waals surface area contributed by atoms with E-state index in [1.54, 1.807) is 12.1 Å². The van der Waals surface area contributed by atoms with Gasteiger partial charge in [-0.15, -0.1) is 0 Å². The van der Waals surface area contributed by atoms with Crippen molar-refractivity contribution in [3.8, 4) is 0 Å². The Morgan fingerprint density at radius 2 is 0.960 bits per heavy atom. The van der Waals surface area contributed by atoms with Gasteiger partial charge in [0.15, 0.2) is 0 Å². The van der Waals surface area contributed by atoms with Crippen molar-refractivity contribution in [2.75, 3.05) is 0 Å². The first-order valence-electron chi connectivity index (χ1n) is 8.73. The molecule has 2 aromatic carbocycles. The number of sulfone groups is 1. The molecule has 0 aliphatic heterocycles. The molecule has 0 atom stereocenters. The second-order valence-electron chi connectivity index (χ2n) is 8.86. The lowest BCUT2D eigenvalue weighted by Crippen LogP contribution is -2.18. The van der Waals surface area contributed by atoms with Gasteiger partial charge >= 0.3 is 0 Å². The minimum absolute atomic E-state index is 0.0993. The van der Waals surface area contributed by atoms with Crippen LogP contribution < -0.4 is 0 Å². The minimum atomic E-state index is -3.57. The zero-order chi connectivity index (χ0) is 19.2. The highest BCUT2D eigenvalue weighted by Crippen LogP contribution is 2.35. The third-order valence-electron chi connectivity index (χ3n) is 4.76. The molecule has 0 saturated carbocycles. The van der Waals surface area contributed by atoms with Crippen LogP contribution in [0.1, 0.15) is 63.8 Å². The Balaban J connectivity index is 2.74. The monoisotopic (exact) mass is 358 g/mol. The summed E-state index contributed by atoms with van der Waals surface area (Å²) < 4.78 is 26.9. The average Bonchev–Trinajstić information content (AvgIpc) is 2.44. The molecule has 0 aromatic heterocycles. The molecule has 0 fully saturated rings. The molecule has 0 unspecified atom stereocenters. The fourth-order valence-electron chi connectivity index (χ4n) is 3.55. The molecule has 0 spiro atoms. The van der Waals surface area contributed by atoms with Crippen molar-refractivity contribution < 1.29 is 8.42 Å². The van der Waals surface area contributed by atoms with Gasteiger partial charge in [-0.25, -0.2) is 8.42 Å². The molecule has 0 saturated heterocycles. The van der Waals surface area contributed by atoms with Gasteiger partial charge in [0.25, 0.3) is 0 Å². The molecule has 0 radical (unpaired) electrons. The number of rotatable bonds is 2. The molecule has 2 nitrogen and oxygen atoms in total. The van der Waals surface area contributed by atoms with E-state index >= 15 is 0 Å². The van der Waals surface area contributed by atoms with E-state index in [4.69, 9.17) is 0 Å². The van der Waals surface area contributed by atoms with Crippen molar-refractivity contribution in [2.45, 2.75) is 76.0 Å². The summed E-state index contributed by atoms with van der Waals surface area (Å²) in [6.45, 7) is 16.5. The Kier molecular flexibility index (Phi) is 4.95.